The predicted molar refractivity (Wildman–Crippen MR) is 53.4 cm³/mol. The van der Waals surface area contributed by atoms with Gasteiger partial charge in [-0.3, -0.25) is 4.79 Å². The normalized spacial score (nSPS) is 17.3. The predicted octanol–water partition coefficient (Wildman–Crippen LogP) is 0.550. The van der Waals surface area contributed by atoms with Crippen LogP contribution in [0.4, 0.5) is 0 Å². The molecule has 0 aromatic heterocycles. The Labute approximate surface area is 79.1 Å². The second-order valence-electron chi connectivity index (χ2n) is 3.18. The van der Waals surface area contributed by atoms with E-state index in [0.717, 1.165) is 18.5 Å². The summed E-state index contributed by atoms with van der Waals surface area (Å²) in [4.78, 5) is 13.3. The largest absolute Gasteiger partial charge is 0.338 e. The molecule has 0 aromatic carbocycles. The molecule has 3 nitrogen and oxygen atoms in total. The average molecular weight is 180 g/mol. The number of hydrogen-bond acceptors (Lipinski definition) is 2. The first-order valence-corrected chi connectivity index (χ1v) is 4.50. The quantitative estimate of drug-likeness (QED) is 0.673. The zero-order chi connectivity index (χ0) is 9.68. The van der Waals surface area contributed by atoms with Crippen LogP contribution in [0.5, 0.6) is 0 Å². The van der Waals surface area contributed by atoms with Crippen molar-refractivity contribution in [3.05, 3.63) is 24.3 Å². The molecule has 0 saturated carbocycles. The van der Waals surface area contributed by atoms with Gasteiger partial charge in [0, 0.05) is 13.1 Å². The number of nitrogens with zero attached hydrogens (tertiary/aromatic N) is 1. The van der Waals surface area contributed by atoms with Crippen LogP contribution < -0.4 is 5.32 Å². The van der Waals surface area contributed by atoms with E-state index < -0.39 is 0 Å². The first kappa shape index (κ1) is 9.99. The molecule has 13 heavy (non-hydrogen) atoms. The van der Waals surface area contributed by atoms with Gasteiger partial charge in [0.2, 0.25) is 5.91 Å². The topological polar surface area (TPSA) is 32.3 Å². The standard InChI is InChI=1S/C10H16N2O/c1-9-4-3-6-12(7-5-9)10(13)8-11-2/h3-4,11H,1,5-8H2,2H3. The zero-order valence-electron chi connectivity index (χ0n) is 8.05. The molecule has 0 saturated heterocycles. The van der Waals surface area contributed by atoms with Gasteiger partial charge in [0.25, 0.3) is 0 Å². The van der Waals surface area contributed by atoms with Crippen LogP contribution in [0, 0.1) is 0 Å². The summed E-state index contributed by atoms with van der Waals surface area (Å²) in [5.41, 5.74) is 1.10. The maximum absolute atomic E-state index is 11.5. The Morgan fingerprint density at radius 2 is 2.54 bits per heavy atom. The van der Waals surface area contributed by atoms with Crippen LogP contribution in [0.25, 0.3) is 0 Å². The molecule has 0 aliphatic carbocycles. The second-order valence-corrected chi connectivity index (χ2v) is 3.18. The molecule has 1 aliphatic heterocycles. The van der Waals surface area contributed by atoms with Crippen molar-refractivity contribution in [2.75, 3.05) is 26.7 Å². The van der Waals surface area contributed by atoms with Crippen molar-refractivity contribution in [3.8, 4) is 0 Å². The van der Waals surface area contributed by atoms with Gasteiger partial charge in [-0.2, -0.15) is 0 Å². The Bertz CT molecular complexity index is 233. The molecule has 0 radical (unpaired) electrons. The molecular formula is C10H16N2O. The fourth-order valence-electron chi connectivity index (χ4n) is 1.29. The lowest BCUT2D eigenvalue weighted by Crippen LogP contribution is -2.37. The van der Waals surface area contributed by atoms with Gasteiger partial charge in [-0.15, -0.1) is 0 Å². The van der Waals surface area contributed by atoms with E-state index >= 15 is 0 Å². The summed E-state index contributed by atoms with van der Waals surface area (Å²) in [5, 5.41) is 2.86. The van der Waals surface area contributed by atoms with E-state index in [1.54, 1.807) is 7.05 Å². The number of rotatable bonds is 2. The van der Waals surface area contributed by atoms with Crippen molar-refractivity contribution < 1.29 is 4.79 Å². The van der Waals surface area contributed by atoms with Crippen LogP contribution in [-0.2, 0) is 4.79 Å². The van der Waals surface area contributed by atoms with E-state index in [9.17, 15) is 4.79 Å². The van der Waals surface area contributed by atoms with Crippen LogP contribution in [0.1, 0.15) is 6.42 Å². The van der Waals surface area contributed by atoms with E-state index in [4.69, 9.17) is 0 Å². The Balaban J connectivity index is 2.48. The van der Waals surface area contributed by atoms with Gasteiger partial charge in [-0.05, 0) is 13.5 Å². The van der Waals surface area contributed by atoms with Crippen LogP contribution in [0.3, 0.4) is 0 Å². The Kier molecular flexibility index (Phi) is 3.71. The molecule has 0 atom stereocenters. The molecule has 0 unspecified atom stereocenters. The molecule has 1 N–H and O–H groups in total. The number of carbonyl (C=O) groups is 1. The average Bonchev–Trinajstić information content (AvgIpc) is 2.30. The molecule has 0 spiro atoms. The fourth-order valence-corrected chi connectivity index (χ4v) is 1.29. The third-order valence-corrected chi connectivity index (χ3v) is 2.06. The maximum Gasteiger partial charge on any atom is 0.236 e. The van der Waals surface area contributed by atoms with Gasteiger partial charge in [0.1, 0.15) is 0 Å². The van der Waals surface area contributed by atoms with Gasteiger partial charge >= 0.3 is 0 Å². The third kappa shape index (κ3) is 3.03. The van der Waals surface area contributed by atoms with E-state index in [-0.39, 0.29) is 5.91 Å². The first-order valence-electron chi connectivity index (χ1n) is 4.50. The number of carbonyl (C=O) groups excluding carboxylic acids is 1. The van der Waals surface area contributed by atoms with Crippen molar-refractivity contribution in [1.29, 1.82) is 0 Å². The van der Waals surface area contributed by atoms with Crippen molar-refractivity contribution in [2.45, 2.75) is 6.42 Å². The summed E-state index contributed by atoms with van der Waals surface area (Å²) in [6.45, 7) is 5.78. The Morgan fingerprint density at radius 3 is 3.23 bits per heavy atom. The molecule has 0 aromatic rings. The number of likely N-dealkylation sites (N-methyl/N-ethyl adjacent to an activating group) is 1. The second kappa shape index (κ2) is 4.82. The first-order chi connectivity index (χ1) is 6.24. The van der Waals surface area contributed by atoms with Crippen molar-refractivity contribution in [3.63, 3.8) is 0 Å². The highest BCUT2D eigenvalue weighted by atomic mass is 16.2. The smallest absolute Gasteiger partial charge is 0.236 e. The van der Waals surface area contributed by atoms with Crippen LogP contribution >= 0.6 is 0 Å². The fraction of sp³-hybridized carbons (Fsp3) is 0.500. The number of nitrogens with one attached hydrogen (secondary N) is 1. The molecule has 1 amide bonds. The summed E-state index contributed by atoms with van der Waals surface area (Å²) in [7, 11) is 1.78. The lowest BCUT2D eigenvalue weighted by Gasteiger charge is -2.19. The lowest BCUT2D eigenvalue weighted by atomic mass is 10.2. The van der Waals surface area contributed by atoms with Crippen molar-refractivity contribution >= 4 is 5.91 Å². The molecule has 3 heteroatoms. The Hall–Kier alpha value is -1.09. The van der Waals surface area contributed by atoms with Crippen molar-refractivity contribution in [1.82, 2.24) is 10.2 Å². The minimum absolute atomic E-state index is 0.154. The molecular weight excluding hydrogens is 164 g/mol. The lowest BCUT2D eigenvalue weighted by molar-refractivity contribution is -0.129. The van der Waals surface area contributed by atoms with E-state index in [0.29, 0.717) is 13.1 Å². The SMILES string of the molecule is C=C1C=CCN(C(=O)CNC)CC1. The summed E-state index contributed by atoms with van der Waals surface area (Å²) in [6, 6.07) is 0. The van der Waals surface area contributed by atoms with Gasteiger partial charge < -0.3 is 10.2 Å². The molecule has 1 heterocycles. The zero-order valence-corrected chi connectivity index (χ0v) is 8.05. The summed E-state index contributed by atoms with van der Waals surface area (Å²) in [6.07, 6.45) is 4.86. The maximum atomic E-state index is 11.5. The minimum atomic E-state index is 0.154. The Morgan fingerprint density at radius 1 is 1.77 bits per heavy atom. The molecule has 1 aliphatic rings. The van der Waals surface area contributed by atoms with Gasteiger partial charge in [-0.25, -0.2) is 0 Å². The summed E-state index contributed by atoms with van der Waals surface area (Å²) < 4.78 is 0. The summed E-state index contributed by atoms with van der Waals surface area (Å²) in [5.74, 6) is 0.154. The monoisotopic (exact) mass is 180 g/mol. The summed E-state index contributed by atoms with van der Waals surface area (Å²) >= 11 is 0. The molecule has 0 fully saturated rings. The molecule has 72 valence electrons. The highest BCUT2D eigenvalue weighted by molar-refractivity contribution is 5.78. The van der Waals surface area contributed by atoms with Crippen molar-refractivity contribution in [2.24, 2.45) is 0 Å². The van der Waals surface area contributed by atoms with Gasteiger partial charge in [0.15, 0.2) is 0 Å². The highest BCUT2D eigenvalue weighted by Gasteiger charge is 2.12. The number of hydrogen-bond donors (Lipinski definition) is 1. The van der Waals surface area contributed by atoms with Crippen LogP contribution in [0.15, 0.2) is 24.3 Å². The van der Waals surface area contributed by atoms with Gasteiger partial charge in [-0.1, -0.05) is 24.3 Å². The molecule has 0 bridgehead atoms. The van der Waals surface area contributed by atoms with E-state index in [2.05, 4.69) is 11.9 Å². The minimum Gasteiger partial charge on any atom is -0.338 e. The highest BCUT2D eigenvalue weighted by Crippen LogP contribution is 2.07. The van der Waals surface area contributed by atoms with Crippen LogP contribution in [0.2, 0.25) is 0 Å². The third-order valence-electron chi connectivity index (χ3n) is 2.06. The number of amides is 1. The molecule has 1 rings (SSSR count). The van der Waals surface area contributed by atoms with E-state index in [1.165, 1.54) is 0 Å². The van der Waals surface area contributed by atoms with E-state index in [1.807, 2.05) is 17.1 Å². The van der Waals surface area contributed by atoms with Crippen LogP contribution in [-0.4, -0.2) is 37.5 Å². The number of allylic oxidation sites excluding steroid dienone is 1. The van der Waals surface area contributed by atoms with Gasteiger partial charge in [0.05, 0.1) is 6.54 Å².